The first-order valence-electron chi connectivity index (χ1n) is 10.6. The van der Waals surface area contributed by atoms with Gasteiger partial charge in [0.1, 0.15) is 12.9 Å². The number of fused-ring (bicyclic) bond motifs is 5. The zero-order chi connectivity index (χ0) is 19.7. The molecule has 0 saturated heterocycles. The van der Waals surface area contributed by atoms with E-state index in [4.69, 9.17) is 4.74 Å². The van der Waals surface area contributed by atoms with Crippen LogP contribution < -0.4 is 0 Å². The molecule has 0 aromatic carbocycles. The Balaban J connectivity index is 1.53. The van der Waals surface area contributed by atoms with Crippen LogP contribution in [-0.2, 0) is 19.1 Å². The molecule has 6 unspecified atom stereocenters. The number of hydrogen-bond donors (Lipinski definition) is 1. The minimum Gasteiger partial charge on any atom is -0.458 e. The maximum atomic E-state index is 12.4. The number of carbonyl (C=O) groups is 3. The lowest BCUT2D eigenvalue weighted by atomic mass is 9.45. The number of carbonyl (C=O) groups excluding carboxylic acids is 3. The van der Waals surface area contributed by atoms with Crippen LogP contribution in [0, 0.1) is 28.6 Å². The van der Waals surface area contributed by atoms with Crippen LogP contribution in [0.15, 0.2) is 23.3 Å². The van der Waals surface area contributed by atoms with E-state index in [9.17, 15) is 19.5 Å². The number of ketones is 1. The van der Waals surface area contributed by atoms with Crippen molar-refractivity contribution in [1.29, 1.82) is 0 Å². The van der Waals surface area contributed by atoms with Crippen LogP contribution in [0.4, 0.5) is 0 Å². The van der Waals surface area contributed by atoms with Crippen molar-refractivity contribution in [3.8, 4) is 0 Å². The molecule has 28 heavy (non-hydrogen) atoms. The van der Waals surface area contributed by atoms with E-state index in [1.807, 2.05) is 0 Å². The van der Waals surface area contributed by atoms with Gasteiger partial charge in [-0.1, -0.05) is 12.5 Å². The third-order valence-electron chi connectivity index (χ3n) is 9.09. The zero-order valence-electron chi connectivity index (χ0n) is 16.4. The van der Waals surface area contributed by atoms with Gasteiger partial charge in [-0.15, -0.1) is 0 Å². The van der Waals surface area contributed by atoms with Gasteiger partial charge in [0, 0.05) is 17.9 Å². The van der Waals surface area contributed by atoms with Gasteiger partial charge in [0.25, 0.3) is 0 Å². The first-order chi connectivity index (χ1) is 13.3. The van der Waals surface area contributed by atoms with E-state index in [1.165, 1.54) is 0 Å². The molecule has 1 heterocycles. The average molecular weight is 384 g/mol. The van der Waals surface area contributed by atoms with Crippen molar-refractivity contribution in [2.75, 3.05) is 6.61 Å². The van der Waals surface area contributed by atoms with Crippen LogP contribution in [0.1, 0.15) is 58.3 Å². The summed E-state index contributed by atoms with van der Waals surface area (Å²) in [5.74, 6) is 0.170. The Hall–Kier alpha value is -1.75. The van der Waals surface area contributed by atoms with Crippen molar-refractivity contribution in [1.82, 2.24) is 0 Å². The Bertz CT molecular complexity index is 825. The van der Waals surface area contributed by atoms with E-state index in [0.717, 1.165) is 49.5 Å². The van der Waals surface area contributed by atoms with Crippen molar-refractivity contribution in [2.24, 2.45) is 28.6 Å². The molecule has 0 bridgehead atoms. The molecular weight excluding hydrogens is 356 g/mol. The fraction of sp³-hybridized carbons (Fsp3) is 0.696. The molecule has 3 saturated carbocycles. The molecule has 0 aromatic rings. The minimum absolute atomic E-state index is 0.0606. The molecule has 0 amide bonds. The standard InChI is InChI=1S/C23H28O5/c1-21-7-5-18-19(3-2-15-11-16(25)4-8-22(15,18)13-24)23(21,27)9-6-17(21)14-10-20(26)28-12-14/h10-11,13,17-19,27H,2-9,12H2,1H3. The highest BCUT2D eigenvalue weighted by Crippen LogP contribution is 2.69. The topological polar surface area (TPSA) is 80.7 Å². The molecule has 0 spiro atoms. The smallest absolute Gasteiger partial charge is 0.331 e. The summed E-state index contributed by atoms with van der Waals surface area (Å²) in [6.45, 7) is 2.52. The molecule has 5 heteroatoms. The molecule has 0 aromatic heterocycles. The predicted molar refractivity (Wildman–Crippen MR) is 101 cm³/mol. The number of allylic oxidation sites excluding steroid dienone is 1. The number of ether oxygens (including phenoxy) is 1. The van der Waals surface area contributed by atoms with E-state index in [0.29, 0.717) is 25.9 Å². The fourth-order valence-electron chi connectivity index (χ4n) is 7.65. The second-order valence-electron chi connectivity index (χ2n) is 9.84. The van der Waals surface area contributed by atoms with Crippen LogP contribution in [0.5, 0.6) is 0 Å². The van der Waals surface area contributed by atoms with Gasteiger partial charge in [-0.05, 0) is 74.3 Å². The van der Waals surface area contributed by atoms with Crippen LogP contribution in [0.2, 0.25) is 0 Å². The van der Waals surface area contributed by atoms with E-state index < -0.39 is 11.0 Å². The second kappa shape index (κ2) is 5.88. The molecule has 1 aliphatic heterocycles. The maximum Gasteiger partial charge on any atom is 0.331 e. The molecule has 5 aliphatic rings. The predicted octanol–water partition coefficient (Wildman–Crippen LogP) is 2.91. The summed E-state index contributed by atoms with van der Waals surface area (Å²) in [7, 11) is 0. The largest absolute Gasteiger partial charge is 0.458 e. The highest BCUT2D eigenvalue weighted by atomic mass is 16.5. The lowest BCUT2D eigenvalue weighted by Gasteiger charge is -2.60. The van der Waals surface area contributed by atoms with Crippen molar-refractivity contribution < 1.29 is 24.2 Å². The maximum absolute atomic E-state index is 12.4. The van der Waals surface area contributed by atoms with Gasteiger partial charge < -0.3 is 14.6 Å². The summed E-state index contributed by atoms with van der Waals surface area (Å²) in [6, 6.07) is 0. The van der Waals surface area contributed by atoms with Gasteiger partial charge in [-0.3, -0.25) is 4.79 Å². The highest BCUT2D eigenvalue weighted by molar-refractivity contribution is 5.93. The van der Waals surface area contributed by atoms with Crippen molar-refractivity contribution >= 4 is 18.0 Å². The molecule has 150 valence electrons. The molecule has 5 nitrogen and oxygen atoms in total. The Labute approximate surface area is 165 Å². The summed E-state index contributed by atoms with van der Waals surface area (Å²) in [6.07, 6.45) is 10.3. The molecule has 4 aliphatic carbocycles. The van der Waals surface area contributed by atoms with E-state index in [-0.39, 0.29) is 34.9 Å². The summed E-state index contributed by atoms with van der Waals surface area (Å²) in [4.78, 5) is 35.9. The van der Waals surface area contributed by atoms with E-state index in [2.05, 4.69) is 6.92 Å². The Morgan fingerprint density at radius 3 is 2.61 bits per heavy atom. The third kappa shape index (κ3) is 2.14. The number of cyclic esters (lactones) is 1. The Morgan fingerprint density at radius 2 is 1.89 bits per heavy atom. The van der Waals surface area contributed by atoms with Crippen molar-refractivity contribution in [3.05, 3.63) is 23.3 Å². The first kappa shape index (κ1) is 18.3. The average Bonchev–Trinajstić information content (AvgIpc) is 3.22. The number of rotatable bonds is 2. The normalized spacial score (nSPS) is 47.4. The van der Waals surface area contributed by atoms with Crippen molar-refractivity contribution in [3.63, 3.8) is 0 Å². The Kier molecular flexibility index (Phi) is 3.84. The SMILES string of the molecule is CC12CCC3C(CCC4=CC(=O)CCC43C=O)C1(O)CCC2C1=CC(=O)OC1. The first-order valence-corrected chi connectivity index (χ1v) is 10.6. The zero-order valence-corrected chi connectivity index (χ0v) is 16.4. The number of aliphatic hydroxyl groups is 1. The van der Waals surface area contributed by atoms with E-state index in [1.54, 1.807) is 12.2 Å². The lowest BCUT2D eigenvalue weighted by molar-refractivity contribution is -0.182. The second-order valence-corrected chi connectivity index (χ2v) is 9.84. The number of aldehydes is 1. The van der Waals surface area contributed by atoms with Crippen molar-refractivity contribution in [2.45, 2.75) is 63.9 Å². The fourth-order valence-corrected chi connectivity index (χ4v) is 7.65. The van der Waals surface area contributed by atoms with Gasteiger partial charge in [0.05, 0.1) is 11.0 Å². The molecule has 3 fully saturated rings. The van der Waals surface area contributed by atoms with Gasteiger partial charge >= 0.3 is 5.97 Å². The van der Waals surface area contributed by atoms with Gasteiger partial charge in [-0.2, -0.15) is 0 Å². The summed E-state index contributed by atoms with van der Waals surface area (Å²) < 4.78 is 5.16. The van der Waals surface area contributed by atoms with Crippen LogP contribution in [0.25, 0.3) is 0 Å². The summed E-state index contributed by atoms with van der Waals surface area (Å²) in [5.41, 5.74) is 0.309. The number of hydrogen-bond acceptors (Lipinski definition) is 5. The monoisotopic (exact) mass is 384 g/mol. The third-order valence-corrected chi connectivity index (χ3v) is 9.09. The van der Waals surface area contributed by atoms with Crippen LogP contribution >= 0.6 is 0 Å². The molecule has 1 N–H and O–H groups in total. The van der Waals surface area contributed by atoms with Crippen LogP contribution in [-0.4, -0.2) is 35.4 Å². The van der Waals surface area contributed by atoms with Crippen LogP contribution in [0.3, 0.4) is 0 Å². The molecule has 5 rings (SSSR count). The molecule has 6 atom stereocenters. The molecular formula is C23H28O5. The van der Waals surface area contributed by atoms with E-state index >= 15 is 0 Å². The van der Waals surface area contributed by atoms with Gasteiger partial charge in [0.15, 0.2) is 5.78 Å². The lowest BCUT2D eigenvalue weighted by Crippen LogP contribution is -2.61. The van der Waals surface area contributed by atoms with Gasteiger partial charge in [0.2, 0.25) is 0 Å². The summed E-state index contributed by atoms with van der Waals surface area (Å²) >= 11 is 0. The Morgan fingerprint density at radius 1 is 1.07 bits per heavy atom. The quantitative estimate of drug-likeness (QED) is 0.585. The summed E-state index contributed by atoms with van der Waals surface area (Å²) in [5, 5.41) is 12.1. The highest BCUT2D eigenvalue weighted by Gasteiger charge is 2.67. The van der Waals surface area contributed by atoms with Gasteiger partial charge in [-0.25, -0.2) is 4.79 Å². The molecule has 0 radical (unpaired) electrons. The minimum atomic E-state index is -0.837. The number of esters is 1.